The molecule has 0 spiro atoms. The number of aromatic nitrogens is 1. The maximum absolute atomic E-state index is 11.3. The summed E-state index contributed by atoms with van der Waals surface area (Å²) in [5.74, 6) is -0.365. The van der Waals surface area contributed by atoms with Crippen molar-refractivity contribution >= 4 is 17.3 Å². The molecule has 0 atom stereocenters. The summed E-state index contributed by atoms with van der Waals surface area (Å²) in [6.07, 6.45) is 0. The van der Waals surface area contributed by atoms with Crippen LogP contribution in [0.25, 0.3) is 0 Å². The van der Waals surface area contributed by atoms with Crippen LogP contribution in [0.4, 0.5) is 0 Å². The molecule has 0 radical (unpaired) electrons. The van der Waals surface area contributed by atoms with Gasteiger partial charge in [0, 0.05) is 11.4 Å². The lowest BCUT2D eigenvalue weighted by Gasteiger charge is -1.97. The van der Waals surface area contributed by atoms with E-state index >= 15 is 0 Å². The summed E-state index contributed by atoms with van der Waals surface area (Å²) in [4.78, 5) is 16.2. The zero-order valence-corrected chi connectivity index (χ0v) is 8.48. The lowest BCUT2D eigenvalue weighted by Crippen LogP contribution is -2.07. The van der Waals surface area contributed by atoms with Crippen LogP contribution in [0.1, 0.15) is 27.3 Å². The molecule has 0 unspecified atom stereocenters. The first-order chi connectivity index (χ1) is 6.19. The number of carbonyl (C=O) groups is 1. The van der Waals surface area contributed by atoms with Crippen LogP contribution in [0, 0.1) is 6.92 Å². The third-order valence-corrected chi connectivity index (χ3v) is 2.48. The molecule has 2 N–H and O–H groups in total. The highest BCUT2D eigenvalue weighted by Crippen LogP contribution is 2.17. The second-order valence-electron chi connectivity index (χ2n) is 2.44. The van der Waals surface area contributed by atoms with Crippen LogP contribution in [-0.4, -0.2) is 17.6 Å². The summed E-state index contributed by atoms with van der Waals surface area (Å²) in [7, 11) is 0. The molecule has 0 saturated heterocycles. The maximum Gasteiger partial charge on any atom is 0.358 e. The van der Waals surface area contributed by atoms with Gasteiger partial charge in [-0.05, 0) is 13.8 Å². The van der Waals surface area contributed by atoms with Crippen LogP contribution in [0.2, 0.25) is 0 Å². The van der Waals surface area contributed by atoms with Crippen molar-refractivity contribution in [3.63, 3.8) is 0 Å². The van der Waals surface area contributed by atoms with E-state index in [0.29, 0.717) is 18.8 Å². The molecule has 72 valence electrons. The number of hydrogen-bond acceptors (Lipinski definition) is 5. The predicted molar refractivity (Wildman–Crippen MR) is 50.7 cm³/mol. The largest absolute Gasteiger partial charge is 0.461 e. The van der Waals surface area contributed by atoms with E-state index < -0.39 is 0 Å². The van der Waals surface area contributed by atoms with E-state index in [4.69, 9.17) is 10.5 Å². The molecule has 1 rings (SSSR count). The summed E-state index contributed by atoms with van der Waals surface area (Å²) in [5.41, 5.74) is 5.80. The quantitative estimate of drug-likeness (QED) is 0.742. The van der Waals surface area contributed by atoms with E-state index in [0.717, 1.165) is 9.88 Å². The fourth-order valence-corrected chi connectivity index (χ4v) is 1.73. The highest BCUT2D eigenvalue weighted by Gasteiger charge is 2.15. The summed E-state index contributed by atoms with van der Waals surface area (Å²) in [5, 5.41) is 0.764. The number of hydrogen-bond donors (Lipinski definition) is 1. The molecule has 0 aromatic carbocycles. The van der Waals surface area contributed by atoms with E-state index in [-0.39, 0.29) is 5.97 Å². The summed E-state index contributed by atoms with van der Waals surface area (Å²) in [6, 6.07) is 0. The highest BCUT2D eigenvalue weighted by atomic mass is 32.1. The zero-order valence-electron chi connectivity index (χ0n) is 7.66. The van der Waals surface area contributed by atoms with Crippen molar-refractivity contribution in [3.8, 4) is 0 Å². The predicted octanol–water partition coefficient (Wildman–Crippen LogP) is 1.09. The van der Waals surface area contributed by atoms with Crippen molar-refractivity contribution < 1.29 is 9.53 Å². The number of carbonyl (C=O) groups excluding carboxylic acids is 1. The standard InChI is InChI=1S/C8H12N2O2S/c1-3-12-8(11)7-5(2)13-6(4-9)10-7/h3-4,9H2,1-2H3. The second-order valence-corrected chi connectivity index (χ2v) is 3.72. The van der Waals surface area contributed by atoms with Crippen molar-refractivity contribution in [1.82, 2.24) is 4.98 Å². The van der Waals surface area contributed by atoms with Gasteiger partial charge in [0.15, 0.2) is 5.69 Å². The van der Waals surface area contributed by atoms with Crippen LogP contribution < -0.4 is 5.73 Å². The third kappa shape index (κ3) is 2.26. The Kier molecular flexibility index (Phi) is 3.39. The number of esters is 1. The van der Waals surface area contributed by atoms with E-state index in [1.165, 1.54) is 11.3 Å². The topological polar surface area (TPSA) is 65.2 Å². The molecule has 0 saturated carbocycles. The first-order valence-corrected chi connectivity index (χ1v) is 4.84. The van der Waals surface area contributed by atoms with Gasteiger partial charge in [0.25, 0.3) is 0 Å². The average molecular weight is 200 g/mol. The summed E-state index contributed by atoms with van der Waals surface area (Å²) in [6.45, 7) is 4.34. The van der Waals surface area contributed by atoms with E-state index in [1.807, 2.05) is 6.92 Å². The fourth-order valence-electron chi connectivity index (χ4n) is 0.927. The minimum atomic E-state index is -0.365. The van der Waals surface area contributed by atoms with Crippen LogP contribution >= 0.6 is 11.3 Å². The molecule has 0 fully saturated rings. The van der Waals surface area contributed by atoms with Gasteiger partial charge in [0.2, 0.25) is 0 Å². The number of aryl methyl sites for hydroxylation is 1. The zero-order chi connectivity index (χ0) is 9.84. The Bertz CT molecular complexity index is 309. The Hall–Kier alpha value is -0.940. The van der Waals surface area contributed by atoms with Crippen molar-refractivity contribution in [2.45, 2.75) is 20.4 Å². The fraction of sp³-hybridized carbons (Fsp3) is 0.500. The molecular weight excluding hydrogens is 188 g/mol. The Morgan fingerprint density at radius 2 is 2.38 bits per heavy atom. The van der Waals surface area contributed by atoms with Crippen LogP contribution in [0.15, 0.2) is 0 Å². The van der Waals surface area contributed by atoms with Gasteiger partial charge in [0.1, 0.15) is 5.01 Å². The van der Waals surface area contributed by atoms with Gasteiger partial charge in [-0.2, -0.15) is 0 Å². The Balaban J connectivity index is 2.87. The van der Waals surface area contributed by atoms with Crippen LogP contribution in [0.5, 0.6) is 0 Å². The maximum atomic E-state index is 11.3. The van der Waals surface area contributed by atoms with Crippen molar-refractivity contribution in [2.24, 2.45) is 5.73 Å². The monoisotopic (exact) mass is 200 g/mol. The van der Waals surface area contributed by atoms with Gasteiger partial charge in [-0.25, -0.2) is 9.78 Å². The van der Waals surface area contributed by atoms with Gasteiger partial charge >= 0.3 is 5.97 Å². The van der Waals surface area contributed by atoms with E-state index in [9.17, 15) is 4.79 Å². The van der Waals surface area contributed by atoms with Crippen molar-refractivity contribution in [2.75, 3.05) is 6.61 Å². The van der Waals surface area contributed by atoms with Crippen LogP contribution in [-0.2, 0) is 11.3 Å². The summed E-state index contributed by atoms with van der Waals surface area (Å²) >= 11 is 1.43. The molecular formula is C8H12N2O2S. The Morgan fingerprint density at radius 1 is 1.69 bits per heavy atom. The number of thiazole rings is 1. The van der Waals surface area contributed by atoms with Crippen molar-refractivity contribution in [3.05, 3.63) is 15.6 Å². The highest BCUT2D eigenvalue weighted by molar-refractivity contribution is 7.11. The van der Waals surface area contributed by atoms with Gasteiger partial charge in [-0.15, -0.1) is 11.3 Å². The third-order valence-electron chi connectivity index (χ3n) is 1.48. The minimum absolute atomic E-state index is 0.365. The Morgan fingerprint density at radius 3 is 2.85 bits per heavy atom. The Labute approximate surface area is 80.7 Å². The number of ether oxygens (including phenoxy) is 1. The van der Waals surface area contributed by atoms with Gasteiger partial charge < -0.3 is 10.5 Å². The molecule has 1 aromatic heterocycles. The average Bonchev–Trinajstić information content (AvgIpc) is 2.47. The molecule has 0 aliphatic rings. The lowest BCUT2D eigenvalue weighted by molar-refractivity contribution is 0.0519. The van der Waals surface area contributed by atoms with Crippen LogP contribution in [0.3, 0.4) is 0 Å². The molecule has 0 aliphatic carbocycles. The van der Waals surface area contributed by atoms with E-state index in [1.54, 1.807) is 6.92 Å². The summed E-state index contributed by atoms with van der Waals surface area (Å²) < 4.78 is 4.83. The lowest BCUT2D eigenvalue weighted by atomic mass is 10.4. The molecule has 5 heteroatoms. The molecule has 13 heavy (non-hydrogen) atoms. The van der Waals surface area contributed by atoms with E-state index in [2.05, 4.69) is 4.98 Å². The minimum Gasteiger partial charge on any atom is -0.461 e. The van der Waals surface area contributed by atoms with Gasteiger partial charge in [-0.1, -0.05) is 0 Å². The first kappa shape index (κ1) is 10.1. The van der Waals surface area contributed by atoms with Crippen molar-refractivity contribution in [1.29, 1.82) is 0 Å². The molecule has 4 nitrogen and oxygen atoms in total. The molecule has 0 aliphatic heterocycles. The molecule has 1 heterocycles. The number of nitrogens with two attached hydrogens (primary N) is 1. The SMILES string of the molecule is CCOC(=O)c1nc(CN)sc1C. The number of rotatable bonds is 3. The first-order valence-electron chi connectivity index (χ1n) is 4.02. The van der Waals surface area contributed by atoms with Gasteiger partial charge in [-0.3, -0.25) is 0 Å². The smallest absolute Gasteiger partial charge is 0.358 e. The second kappa shape index (κ2) is 4.34. The molecule has 1 aromatic rings. The molecule has 0 amide bonds. The van der Waals surface area contributed by atoms with Gasteiger partial charge in [0.05, 0.1) is 6.61 Å². The normalized spacial score (nSPS) is 10.1. The molecule has 0 bridgehead atoms. The number of nitrogens with zero attached hydrogens (tertiary/aromatic N) is 1.